The fourth-order valence-corrected chi connectivity index (χ4v) is 6.26. The maximum Gasteiger partial charge on any atom is 0.410 e. The molecule has 3 amide bonds. The van der Waals surface area contributed by atoms with Crippen LogP contribution in [-0.4, -0.2) is 83.8 Å². The van der Waals surface area contributed by atoms with Gasteiger partial charge in [0.25, 0.3) is 11.5 Å². The van der Waals surface area contributed by atoms with Gasteiger partial charge in [0, 0.05) is 49.4 Å². The Balaban J connectivity index is 1.42. The van der Waals surface area contributed by atoms with Crippen molar-refractivity contribution in [2.45, 2.75) is 104 Å². The fourth-order valence-electron chi connectivity index (χ4n) is 6.26. The molecule has 1 spiro atoms. The van der Waals surface area contributed by atoms with Crippen molar-refractivity contribution in [1.82, 2.24) is 29.3 Å². The number of amides is 3. The highest BCUT2D eigenvalue weighted by Crippen LogP contribution is 2.39. The van der Waals surface area contributed by atoms with Crippen LogP contribution in [0.3, 0.4) is 0 Å². The van der Waals surface area contributed by atoms with E-state index in [2.05, 4.69) is 10.4 Å². The molecule has 3 fully saturated rings. The molecule has 0 aromatic carbocycles. The Morgan fingerprint density at radius 3 is 2.42 bits per heavy atom. The molecule has 43 heavy (non-hydrogen) atoms. The first-order valence-electron chi connectivity index (χ1n) is 15.3. The predicted octanol–water partition coefficient (Wildman–Crippen LogP) is 3.46. The van der Waals surface area contributed by atoms with Crippen LogP contribution in [0.4, 0.5) is 4.79 Å². The van der Waals surface area contributed by atoms with Crippen molar-refractivity contribution in [2.24, 2.45) is 5.92 Å². The third-order valence-corrected chi connectivity index (χ3v) is 8.51. The average Bonchev–Trinajstić information content (AvgIpc) is 3.54. The van der Waals surface area contributed by atoms with Crippen molar-refractivity contribution in [3.63, 3.8) is 0 Å². The first kappa shape index (κ1) is 30.6. The van der Waals surface area contributed by atoms with Crippen LogP contribution < -0.4 is 10.9 Å². The van der Waals surface area contributed by atoms with Gasteiger partial charge in [-0.25, -0.2) is 4.79 Å². The van der Waals surface area contributed by atoms with E-state index in [1.165, 1.54) is 15.2 Å². The van der Waals surface area contributed by atoms with Crippen LogP contribution in [0.15, 0.2) is 10.9 Å². The summed E-state index contributed by atoms with van der Waals surface area (Å²) in [6.07, 6.45) is 7.63. The first-order valence-corrected chi connectivity index (χ1v) is 15.3. The standard InChI is InChI=1S/C31H44N6O6/c1-19(2)18-35-26-22(20(3)33-37(26)28(41)24(27(35)40)25(39)32-21-8-9-21)10-11-23(38)36-15-7-12-31(36)13-16-34(17-14-31)29(42)43-30(4,5)6/h10-11,19,21,41H,7-9,12-18H2,1-6H3,(H,32,39)/b11-10+. The molecule has 0 atom stereocenters. The average molecular weight is 597 g/mol. The normalized spacial score (nSPS) is 18.8. The van der Waals surface area contributed by atoms with Gasteiger partial charge >= 0.3 is 6.09 Å². The fraction of sp³-hybridized carbons (Fsp3) is 0.645. The molecule has 2 saturated heterocycles. The number of aryl methyl sites for hydroxylation is 1. The number of nitrogens with zero attached hydrogens (tertiary/aromatic N) is 5. The molecule has 12 nitrogen and oxygen atoms in total. The number of ether oxygens (including phenoxy) is 1. The topological polar surface area (TPSA) is 138 Å². The second-order valence-corrected chi connectivity index (χ2v) is 13.6. The van der Waals surface area contributed by atoms with Gasteiger partial charge in [0.15, 0.2) is 5.56 Å². The minimum atomic E-state index is -0.609. The molecule has 2 aromatic heterocycles. The third kappa shape index (κ3) is 6.14. The number of piperidine rings is 1. The zero-order valence-electron chi connectivity index (χ0n) is 26.1. The van der Waals surface area contributed by atoms with Crippen LogP contribution in [0, 0.1) is 12.8 Å². The minimum Gasteiger partial charge on any atom is -0.492 e. The van der Waals surface area contributed by atoms with Crippen molar-refractivity contribution in [2.75, 3.05) is 19.6 Å². The zero-order chi connectivity index (χ0) is 31.3. The summed E-state index contributed by atoms with van der Waals surface area (Å²) in [6.45, 7) is 13.2. The smallest absolute Gasteiger partial charge is 0.410 e. The van der Waals surface area contributed by atoms with E-state index < -0.39 is 22.9 Å². The van der Waals surface area contributed by atoms with Gasteiger partial charge in [0.1, 0.15) is 11.2 Å². The van der Waals surface area contributed by atoms with E-state index >= 15 is 0 Å². The molecule has 1 aliphatic carbocycles. The molecule has 0 radical (unpaired) electrons. The predicted molar refractivity (Wildman–Crippen MR) is 161 cm³/mol. The highest BCUT2D eigenvalue weighted by Gasteiger charge is 2.46. The Kier molecular flexibility index (Phi) is 8.08. The van der Waals surface area contributed by atoms with Crippen molar-refractivity contribution >= 4 is 29.6 Å². The number of hydrogen-bond acceptors (Lipinski definition) is 7. The molecule has 2 N–H and O–H groups in total. The largest absolute Gasteiger partial charge is 0.492 e. The van der Waals surface area contributed by atoms with Gasteiger partial charge in [-0.15, -0.1) is 0 Å². The Labute approximate surface area is 251 Å². The molecule has 5 rings (SSSR count). The number of likely N-dealkylation sites (tertiary alicyclic amines) is 2. The van der Waals surface area contributed by atoms with Crippen molar-refractivity contribution in [3.05, 3.63) is 33.3 Å². The van der Waals surface area contributed by atoms with Crippen molar-refractivity contribution in [3.8, 4) is 5.88 Å². The van der Waals surface area contributed by atoms with E-state index in [9.17, 15) is 24.3 Å². The van der Waals surface area contributed by atoms with Crippen LogP contribution in [0.1, 0.15) is 94.8 Å². The van der Waals surface area contributed by atoms with Gasteiger partial charge < -0.3 is 25.0 Å². The summed E-state index contributed by atoms with van der Waals surface area (Å²) in [6, 6.07) is 0.0165. The molecular weight excluding hydrogens is 552 g/mol. The number of aromatic hydroxyl groups is 1. The SMILES string of the molecule is Cc1nn2c(O)c(C(=O)NC3CC3)c(=O)n(CC(C)C)c2c1/C=C/C(=O)N1CCCC12CCN(C(=O)OC(C)(C)C)CC2. The van der Waals surface area contributed by atoms with Crippen molar-refractivity contribution < 1.29 is 24.2 Å². The lowest BCUT2D eigenvalue weighted by Gasteiger charge is -2.44. The highest BCUT2D eigenvalue weighted by atomic mass is 16.6. The summed E-state index contributed by atoms with van der Waals surface area (Å²) < 4.78 is 8.25. The van der Waals surface area contributed by atoms with Crippen LogP contribution in [0.25, 0.3) is 11.7 Å². The summed E-state index contributed by atoms with van der Waals surface area (Å²) in [5.41, 5.74) is -0.426. The van der Waals surface area contributed by atoms with Gasteiger partial charge in [-0.1, -0.05) is 13.8 Å². The zero-order valence-corrected chi connectivity index (χ0v) is 26.1. The molecule has 2 aliphatic heterocycles. The molecule has 234 valence electrons. The summed E-state index contributed by atoms with van der Waals surface area (Å²) in [5, 5.41) is 18.3. The van der Waals surface area contributed by atoms with Gasteiger partial charge in [-0.05, 0) is 78.2 Å². The summed E-state index contributed by atoms with van der Waals surface area (Å²) in [5.74, 6) is -1.20. The second kappa shape index (κ2) is 11.3. The highest BCUT2D eigenvalue weighted by molar-refractivity contribution is 5.97. The van der Waals surface area contributed by atoms with E-state index in [1.54, 1.807) is 17.9 Å². The number of rotatable bonds is 6. The Morgan fingerprint density at radius 2 is 1.81 bits per heavy atom. The molecule has 0 unspecified atom stereocenters. The van der Waals surface area contributed by atoms with Crippen LogP contribution in [0.2, 0.25) is 0 Å². The van der Waals surface area contributed by atoms with Crippen molar-refractivity contribution in [1.29, 1.82) is 0 Å². The Bertz CT molecular complexity index is 1520. The summed E-state index contributed by atoms with van der Waals surface area (Å²) in [7, 11) is 0. The summed E-state index contributed by atoms with van der Waals surface area (Å²) in [4.78, 5) is 56.4. The number of carbonyl (C=O) groups is 3. The summed E-state index contributed by atoms with van der Waals surface area (Å²) >= 11 is 0. The lowest BCUT2D eigenvalue weighted by atomic mass is 9.85. The number of nitrogens with one attached hydrogen (secondary N) is 1. The number of carbonyl (C=O) groups excluding carboxylic acids is 3. The maximum absolute atomic E-state index is 13.6. The molecule has 2 aromatic rings. The quantitative estimate of drug-likeness (QED) is 0.487. The lowest BCUT2D eigenvalue weighted by molar-refractivity contribution is -0.131. The molecule has 12 heteroatoms. The van der Waals surface area contributed by atoms with E-state index in [4.69, 9.17) is 4.74 Å². The van der Waals surface area contributed by atoms with E-state index in [-0.39, 0.29) is 35.1 Å². The minimum absolute atomic E-state index is 0.0165. The van der Waals surface area contributed by atoms with Gasteiger partial charge in [0.05, 0.1) is 5.69 Å². The Morgan fingerprint density at radius 1 is 1.14 bits per heavy atom. The number of fused-ring (bicyclic) bond motifs is 1. The van der Waals surface area contributed by atoms with E-state index in [0.717, 1.165) is 25.7 Å². The van der Waals surface area contributed by atoms with Gasteiger partial charge in [-0.2, -0.15) is 9.61 Å². The van der Waals surface area contributed by atoms with Gasteiger partial charge in [0.2, 0.25) is 11.8 Å². The van der Waals surface area contributed by atoms with E-state index in [0.29, 0.717) is 55.9 Å². The van der Waals surface area contributed by atoms with Crippen LogP contribution in [0.5, 0.6) is 5.88 Å². The molecule has 1 saturated carbocycles. The van der Waals surface area contributed by atoms with Crippen LogP contribution >= 0.6 is 0 Å². The number of aromatic nitrogens is 3. The first-order chi connectivity index (χ1) is 20.2. The molecule has 4 heterocycles. The lowest BCUT2D eigenvalue weighted by Crippen LogP contribution is -2.55. The third-order valence-electron chi connectivity index (χ3n) is 8.51. The van der Waals surface area contributed by atoms with Crippen LogP contribution in [-0.2, 0) is 16.1 Å². The second-order valence-electron chi connectivity index (χ2n) is 13.6. The monoisotopic (exact) mass is 596 g/mol. The van der Waals surface area contributed by atoms with E-state index in [1.807, 2.05) is 39.5 Å². The molecular formula is C31H44N6O6. The maximum atomic E-state index is 13.6. The van der Waals surface area contributed by atoms with Gasteiger partial charge in [-0.3, -0.25) is 19.0 Å². The molecule has 0 bridgehead atoms. The number of hydrogen-bond donors (Lipinski definition) is 2. The molecule has 3 aliphatic rings. The Hall–Kier alpha value is -3.83.